The highest BCUT2D eigenvalue weighted by Gasteiger charge is 2.33. The van der Waals surface area contributed by atoms with E-state index < -0.39 is 10.0 Å². The molecule has 2 rings (SSSR count). The lowest BCUT2D eigenvalue weighted by molar-refractivity contribution is 0.249. The van der Waals surface area contributed by atoms with Gasteiger partial charge in [-0.2, -0.15) is 4.31 Å². The second-order valence-electron chi connectivity index (χ2n) is 4.16. The minimum atomic E-state index is -3.38. The molecule has 1 saturated carbocycles. The van der Waals surface area contributed by atoms with Crippen molar-refractivity contribution in [3.63, 3.8) is 0 Å². The van der Waals surface area contributed by atoms with E-state index in [2.05, 4.69) is 15.9 Å². The van der Waals surface area contributed by atoms with E-state index in [-0.39, 0.29) is 6.04 Å². The number of nitrogens with two attached hydrogens (primary N) is 1. The third kappa shape index (κ3) is 2.44. The number of sulfonamides is 1. The number of hydrogen-bond acceptors (Lipinski definition) is 4. The van der Waals surface area contributed by atoms with Crippen molar-refractivity contribution in [3.8, 4) is 0 Å². The highest BCUT2D eigenvalue weighted by atomic mass is 79.9. The maximum absolute atomic E-state index is 12.4. The van der Waals surface area contributed by atoms with Gasteiger partial charge in [-0.15, -0.1) is 11.3 Å². The Hall–Kier alpha value is 0.0500. The molecule has 1 fully saturated rings. The van der Waals surface area contributed by atoms with Crippen LogP contribution in [-0.4, -0.2) is 25.8 Å². The fourth-order valence-electron chi connectivity index (χ4n) is 1.78. The topological polar surface area (TPSA) is 63.4 Å². The number of nitrogens with zero attached hydrogens (tertiary/aromatic N) is 1. The summed E-state index contributed by atoms with van der Waals surface area (Å²) < 4.78 is 26.9. The predicted octanol–water partition coefficient (Wildman–Crippen LogP) is 2.14. The van der Waals surface area contributed by atoms with Gasteiger partial charge in [0, 0.05) is 24.5 Å². The molecule has 0 unspecified atom stereocenters. The van der Waals surface area contributed by atoms with Crippen LogP contribution in [0.5, 0.6) is 0 Å². The van der Waals surface area contributed by atoms with Crippen LogP contribution >= 0.6 is 27.3 Å². The average molecular weight is 339 g/mol. The van der Waals surface area contributed by atoms with Gasteiger partial charge in [0.2, 0.25) is 10.0 Å². The number of halogens is 1. The third-order valence-electron chi connectivity index (χ3n) is 3.15. The minimum absolute atomic E-state index is 0.160. The first-order chi connectivity index (χ1) is 7.96. The molecule has 4 nitrogen and oxygen atoms in total. The van der Waals surface area contributed by atoms with Crippen molar-refractivity contribution in [2.75, 3.05) is 7.05 Å². The fraction of sp³-hybridized carbons (Fsp3) is 0.600. The molecule has 1 aliphatic rings. The van der Waals surface area contributed by atoms with Crippen LogP contribution in [-0.2, 0) is 16.6 Å². The third-order valence-corrected chi connectivity index (χ3v) is 7.34. The molecule has 0 atom stereocenters. The van der Waals surface area contributed by atoms with Crippen LogP contribution in [0.1, 0.15) is 24.1 Å². The lowest BCUT2D eigenvalue weighted by atomic mass is 9.94. The van der Waals surface area contributed by atoms with E-state index in [0.29, 0.717) is 15.2 Å². The molecule has 96 valence electrons. The molecule has 1 aliphatic carbocycles. The van der Waals surface area contributed by atoms with Gasteiger partial charge in [-0.3, -0.25) is 0 Å². The molecule has 0 spiro atoms. The number of hydrogen-bond donors (Lipinski definition) is 1. The first-order valence-electron chi connectivity index (χ1n) is 5.43. The Balaban J connectivity index is 2.33. The summed E-state index contributed by atoms with van der Waals surface area (Å²) in [4.78, 5) is 1.22. The van der Waals surface area contributed by atoms with Crippen molar-refractivity contribution < 1.29 is 8.42 Å². The van der Waals surface area contributed by atoms with Crippen LogP contribution in [0, 0.1) is 0 Å². The van der Waals surface area contributed by atoms with Gasteiger partial charge in [0.1, 0.15) is 4.90 Å². The molecule has 0 bridgehead atoms. The summed E-state index contributed by atoms with van der Waals surface area (Å²) >= 11 is 4.69. The summed E-state index contributed by atoms with van der Waals surface area (Å²) in [5.74, 6) is 0. The number of thiophene rings is 1. The highest BCUT2D eigenvalue weighted by Crippen LogP contribution is 2.35. The Morgan fingerprint density at radius 3 is 2.65 bits per heavy atom. The van der Waals surface area contributed by atoms with Crippen molar-refractivity contribution in [2.24, 2.45) is 5.73 Å². The fourth-order valence-corrected chi connectivity index (χ4v) is 5.70. The monoisotopic (exact) mass is 338 g/mol. The first-order valence-corrected chi connectivity index (χ1v) is 8.48. The van der Waals surface area contributed by atoms with Gasteiger partial charge in [-0.1, -0.05) is 6.42 Å². The Bertz CT molecular complexity index is 508. The SMILES string of the molecule is CN(C1CCC1)S(=O)(=O)c1cc(CN)sc1Br. The lowest BCUT2D eigenvalue weighted by Gasteiger charge is -2.33. The highest BCUT2D eigenvalue weighted by molar-refractivity contribution is 9.11. The van der Waals surface area contributed by atoms with Crippen molar-refractivity contribution in [3.05, 3.63) is 14.7 Å². The van der Waals surface area contributed by atoms with Crippen molar-refractivity contribution in [2.45, 2.75) is 36.7 Å². The molecule has 2 N–H and O–H groups in total. The van der Waals surface area contributed by atoms with E-state index in [1.807, 2.05) is 0 Å². The van der Waals surface area contributed by atoms with Gasteiger partial charge in [-0.25, -0.2) is 8.42 Å². The average Bonchev–Trinajstić information content (AvgIpc) is 2.57. The largest absolute Gasteiger partial charge is 0.326 e. The van der Waals surface area contributed by atoms with Gasteiger partial charge in [0.25, 0.3) is 0 Å². The van der Waals surface area contributed by atoms with E-state index in [4.69, 9.17) is 5.73 Å². The second-order valence-corrected chi connectivity index (χ2v) is 8.58. The van der Waals surface area contributed by atoms with E-state index in [9.17, 15) is 8.42 Å². The molecular weight excluding hydrogens is 324 g/mol. The van der Waals surface area contributed by atoms with Gasteiger partial charge in [-0.05, 0) is 34.8 Å². The molecule has 1 aromatic rings. The van der Waals surface area contributed by atoms with Crippen molar-refractivity contribution >= 4 is 37.3 Å². The molecular formula is C10H15BrN2O2S2. The summed E-state index contributed by atoms with van der Waals surface area (Å²) in [6.07, 6.45) is 3.03. The van der Waals surface area contributed by atoms with Crippen LogP contribution in [0.2, 0.25) is 0 Å². The van der Waals surface area contributed by atoms with Gasteiger partial charge >= 0.3 is 0 Å². The summed E-state index contributed by atoms with van der Waals surface area (Å²) in [6, 6.07) is 1.83. The summed E-state index contributed by atoms with van der Waals surface area (Å²) in [5.41, 5.74) is 5.53. The Labute approximate surface area is 114 Å². The maximum Gasteiger partial charge on any atom is 0.245 e. The second kappa shape index (κ2) is 4.97. The van der Waals surface area contributed by atoms with E-state index in [1.54, 1.807) is 13.1 Å². The van der Waals surface area contributed by atoms with Crippen molar-refractivity contribution in [1.82, 2.24) is 4.31 Å². The van der Waals surface area contributed by atoms with E-state index in [1.165, 1.54) is 15.6 Å². The molecule has 1 aromatic heterocycles. The Kier molecular flexibility index (Phi) is 3.94. The van der Waals surface area contributed by atoms with Crippen LogP contribution in [0.3, 0.4) is 0 Å². The van der Waals surface area contributed by atoms with Crippen LogP contribution in [0.15, 0.2) is 14.7 Å². The molecule has 17 heavy (non-hydrogen) atoms. The summed E-state index contributed by atoms with van der Waals surface area (Å²) in [5, 5.41) is 0. The van der Waals surface area contributed by atoms with E-state index >= 15 is 0 Å². The zero-order valence-electron chi connectivity index (χ0n) is 9.52. The summed E-state index contributed by atoms with van der Waals surface area (Å²) in [7, 11) is -1.72. The quantitative estimate of drug-likeness (QED) is 0.914. The standard InChI is InChI=1S/C10H15BrN2O2S2/c1-13(7-3-2-4-7)17(14,15)9-5-8(6-12)16-10(9)11/h5,7H,2-4,6,12H2,1H3. The predicted molar refractivity (Wildman–Crippen MR) is 72.5 cm³/mol. The number of rotatable bonds is 4. The minimum Gasteiger partial charge on any atom is -0.326 e. The smallest absolute Gasteiger partial charge is 0.245 e. The van der Waals surface area contributed by atoms with Crippen molar-refractivity contribution in [1.29, 1.82) is 0 Å². The molecule has 0 aliphatic heterocycles. The Morgan fingerprint density at radius 2 is 2.24 bits per heavy atom. The van der Waals surface area contributed by atoms with Gasteiger partial charge < -0.3 is 5.73 Å². The zero-order chi connectivity index (χ0) is 12.6. The summed E-state index contributed by atoms with van der Waals surface area (Å²) in [6.45, 7) is 0.367. The Morgan fingerprint density at radius 1 is 1.59 bits per heavy atom. The van der Waals surface area contributed by atoms with Crippen LogP contribution in [0.4, 0.5) is 0 Å². The van der Waals surface area contributed by atoms with Gasteiger partial charge in [0.15, 0.2) is 0 Å². The molecule has 7 heteroatoms. The van der Waals surface area contributed by atoms with Crippen LogP contribution in [0.25, 0.3) is 0 Å². The molecule has 0 radical (unpaired) electrons. The first kappa shape index (κ1) is 13.5. The molecule has 0 amide bonds. The zero-order valence-corrected chi connectivity index (χ0v) is 12.7. The molecule has 0 aromatic carbocycles. The normalized spacial score (nSPS) is 17.4. The van der Waals surface area contributed by atoms with Crippen LogP contribution < -0.4 is 5.73 Å². The van der Waals surface area contributed by atoms with Gasteiger partial charge in [0.05, 0.1) is 3.79 Å². The molecule has 1 heterocycles. The van der Waals surface area contributed by atoms with E-state index in [0.717, 1.165) is 24.1 Å². The lowest BCUT2D eigenvalue weighted by Crippen LogP contribution is -2.41. The molecule has 0 saturated heterocycles. The maximum atomic E-state index is 12.4.